The molecule has 0 spiro atoms. The molecular formula is C18H18ClNO4S. The van der Waals surface area contributed by atoms with Gasteiger partial charge in [0.25, 0.3) is 5.91 Å². The van der Waals surface area contributed by atoms with Crippen LogP contribution in [0.3, 0.4) is 0 Å². The molecule has 0 radical (unpaired) electrons. The van der Waals surface area contributed by atoms with Gasteiger partial charge in [-0.1, -0.05) is 17.7 Å². The first-order valence-electron chi connectivity index (χ1n) is 7.82. The maximum Gasteiger partial charge on any atom is 0.307 e. The van der Waals surface area contributed by atoms with Crippen molar-refractivity contribution in [1.29, 1.82) is 0 Å². The van der Waals surface area contributed by atoms with Crippen LogP contribution in [0.2, 0.25) is 5.02 Å². The van der Waals surface area contributed by atoms with Gasteiger partial charge < -0.3 is 10.1 Å². The Morgan fingerprint density at radius 3 is 2.52 bits per heavy atom. The minimum absolute atomic E-state index is 0.0567. The third-order valence-electron chi connectivity index (χ3n) is 3.33. The molecule has 2 rings (SSSR count). The van der Waals surface area contributed by atoms with Crippen molar-refractivity contribution in [3.63, 3.8) is 0 Å². The van der Waals surface area contributed by atoms with Crippen molar-refractivity contribution in [3.8, 4) is 0 Å². The Kier molecular flexibility index (Phi) is 7.63. The number of benzene rings is 1. The van der Waals surface area contributed by atoms with E-state index in [1.165, 1.54) is 11.3 Å². The molecule has 1 aromatic carbocycles. The van der Waals surface area contributed by atoms with Gasteiger partial charge in [-0.3, -0.25) is 14.4 Å². The highest BCUT2D eigenvalue weighted by Crippen LogP contribution is 2.12. The van der Waals surface area contributed by atoms with Crippen molar-refractivity contribution in [2.75, 3.05) is 13.2 Å². The molecule has 0 aliphatic heterocycles. The standard InChI is InChI=1S/C18H18ClNO4S/c19-14-7-5-13(6-8-14)18(23)20-10-9-17(22)24-11-1-3-15(21)16-4-2-12-25-16/h2,4-8,12H,1,3,9-11H2,(H,20,23). The number of carbonyl (C=O) groups excluding carboxylic acids is 3. The van der Waals surface area contributed by atoms with Gasteiger partial charge in [-0.2, -0.15) is 0 Å². The topological polar surface area (TPSA) is 72.5 Å². The summed E-state index contributed by atoms with van der Waals surface area (Å²) in [4.78, 5) is 35.9. The fourth-order valence-electron chi connectivity index (χ4n) is 2.03. The van der Waals surface area contributed by atoms with Crippen molar-refractivity contribution in [2.24, 2.45) is 0 Å². The Morgan fingerprint density at radius 2 is 1.84 bits per heavy atom. The van der Waals surface area contributed by atoms with Crippen molar-refractivity contribution >= 4 is 40.6 Å². The fraction of sp³-hybridized carbons (Fsp3) is 0.278. The van der Waals surface area contributed by atoms with Crippen LogP contribution in [-0.2, 0) is 9.53 Å². The summed E-state index contributed by atoms with van der Waals surface area (Å²) in [6.07, 6.45) is 0.916. The molecule has 25 heavy (non-hydrogen) atoms. The first kappa shape index (κ1) is 19.1. The highest BCUT2D eigenvalue weighted by molar-refractivity contribution is 7.12. The van der Waals surface area contributed by atoms with Gasteiger partial charge in [0.05, 0.1) is 17.9 Å². The third kappa shape index (κ3) is 6.68. The summed E-state index contributed by atoms with van der Waals surface area (Å²) in [5.74, 6) is -0.618. The number of halogens is 1. The van der Waals surface area contributed by atoms with E-state index >= 15 is 0 Å². The molecule has 0 saturated carbocycles. The molecule has 0 aliphatic carbocycles. The Hall–Kier alpha value is -2.18. The number of hydrogen-bond donors (Lipinski definition) is 1. The van der Waals surface area contributed by atoms with Gasteiger partial charge in [-0.25, -0.2) is 0 Å². The van der Waals surface area contributed by atoms with Crippen LogP contribution in [0.4, 0.5) is 0 Å². The van der Waals surface area contributed by atoms with E-state index in [9.17, 15) is 14.4 Å². The highest BCUT2D eigenvalue weighted by atomic mass is 35.5. The Balaban J connectivity index is 1.57. The second-order valence-corrected chi connectivity index (χ2v) is 6.62. The van der Waals surface area contributed by atoms with Crippen LogP contribution in [0.5, 0.6) is 0 Å². The summed E-state index contributed by atoms with van der Waals surface area (Å²) in [5.41, 5.74) is 0.477. The van der Waals surface area contributed by atoms with Crippen molar-refractivity contribution in [2.45, 2.75) is 19.3 Å². The van der Waals surface area contributed by atoms with Gasteiger partial charge in [-0.05, 0) is 42.1 Å². The normalized spacial score (nSPS) is 10.3. The second kappa shape index (κ2) is 9.96. The third-order valence-corrected chi connectivity index (χ3v) is 4.49. The van der Waals surface area contributed by atoms with Gasteiger partial charge in [0, 0.05) is 23.6 Å². The molecule has 0 saturated heterocycles. The van der Waals surface area contributed by atoms with Crippen molar-refractivity contribution in [3.05, 3.63) is 57.2 Å². The molecule has 2 aromatic rings. The maximum absolute atomic E-state index is 11.8. The van der Waals surface area contributed by atoms with Gasteiger partial charge in [-0.15, -0.1) is 11.3 Å². The van der Waals surface area contributed by atoms with Crippen molar-refractivity contribution in [1.82, 2.24) is 5.32 Å². The van der Waals surface area contributed by atoms with Gasteiger partial charge in [0.1, 0.15) is 0 Å². The number of hydrogen-bond acceptors (Lipinski definition) is 5. The molecule has 0 unspecified atom stereocenters. The molecule has 0 bridgehead atoms. The Labute approximate surface area is 154 Å². The van der Waals surface area contributed by atoms with E-state index in [1.54, 1.807) is 30.3 Å². The minimum atomic E-state index is -0.403. The molecular weight excluding hydrogens is 362 g/mol. The lowest BCUT2D eigenvalue weighted by Crippen LogP contribution is -2.26. The molecule has 5 nitrogen and oxygen atoms in total. The van der Waals surface area contributed by atoms with Crippen LogP contribution in [0, 0.1) is 0 Å². The van der Waals surface area contributed by atoms with Crippen LogP contribution in [-0.4, -0.2) is 30.8 Å². The summed E-state index contributed by atoms with van der Waals surface area (Å²) < 4.78 is 5.06. The van der Waals surface area contributed by atoms with E-state index in [2.05, 4.69) is 5.32 Å². The zero-order chi connectivity index (χ0) is 18.1. The zero-order valence-corrected chi connectivity index (χ0v) is 15.1. The van der Waals surface area contributed by atoms with Crippen LogP contribution in [0.25, 0.3) is 0 Å². The zero-order valence-electron chi connectivity index (χ0n) is 13.5. The highest BCUT2D eigenvalue weighted by Gasteiger charge is 2.09. The number of rotatable bonds is 9. The fourth-order valence-corrected chi connectivity index (χ4v) is 2.85. The van der Waals surface area contributed by atoms with Crippen LogP contribution >= 0.6 is 22.9 Å². The van der Waals surface area contributed by atoms with Crippen LogP contribution in [0.1, 0.15) is 39.3 Å². The number of thiophene rings is 1. The molecule has 0 fully saturated rings. The Morgan fingerprint density at radius 1 is 1.08 bits per heavy atom. The number of amides is 1. The number of esters is 1. The number of ketones is 1. The second-order valence-electron chi connectivity index (χ2n) is 5.24. The molecule has 132 valence electrons. The first-order chi connectivity index (χ1) is 12.1. The lowest BCUT2D eigenvalue weighted by atomic mass is 10.2. The largest absolute Gasteiger partial charge is 0.466 e. The summed E-state index contributed by atoms with van der Waals surface area (Å²) >= 11 is 7.16. The molecule has 0 aliphatic rings. The minimum Gasteiger partial charge on any atom is -0.466 e. The number of nitrogens with one attached hydrogen (secondary N) is 1. The van der Waals surface area contributed by atoms with E-state index in [-0.39, 0.29) is 31.3 Å². The van der Waals surface area contributed by atoms with E-state index in [1.807, 2.05) is 11.4 Å². The van der Waals surface area contributed by atoms with Crippen LogP contribution < -0.4 is 5.32 Å². The smallest absolute Gasteiger partial charge is 0.307 e. The molecule has 0 atom stereocenters. The summed E-state index contributed by atoms with van der Waals surface area (Å²) in [5, 5.41) is 5.05. The van der Waals surface area contributed by atoms with Gasteiger partial charge in [0.2, 0.25) is 0 Å². The van der Waals surface area contributed by atoms with Crippen LogP contribution in [0.15, 0.2) is 41.8 Å². The number of carbonyl (C=O) groups is 3. The number of Topliss-reactive ketones (excluding diaryl/α,β-unsaturated/α-hetero) is 1. The molecule has 1 amide bonds. The molecule has 7 heteroatoms. The van der Waals surface area contributed by atoms with E-state index in [0.717, 1.165) is 4.88 Å². The predicted octanol–water partition coefficient (Wildman–Crippen LogP) is 3.73. The van der Waals surface area contributed by atoms with Gasteiger partial charge >= 0.3 is 5.97 Å². The number of ether oxygens (including phenoxy) is 1. The van der Waals surface area contributed by atoms with E-state index in [0.29, 0.717) is 23.4 Å². The Bertz CT molecular complexity index is 713. The lowest BCUT2D eigenvalue weighted by Gasteiger charge is -2.06. The first-order valence-corrected chi connectivity index (χ1v) is 9.08. The average molecular weight is 380 g/mol. The van der Waals surface area contributed by atoms with Crippen molar-refractivity contribution < 1.29 is 19.1 Å². The molecule has 1 aromatic heterocycles. The predicted molar refractivity (Wildman–Crippen MR) is 97.2 cm³/mol. The summed E-state index contributed by atoms with van der Waals surface area (Å²) in [6, 6.07) is 10.1. The lowest BCUT2D eigenvalue weighted by molar-refractivity contribution is -0.143. The average Bonchev–Trinajstić information content (AvgIpc) is 3.14. The monoisotopic (exact) mass is 379 g/mol. The van der Waals surface area contributed by atoms with E-state index in [4.69, 9.17) is 16.3 Å². The summed E-state index contributed by atoms with van der Waals surface area (Å²) in [7, 11) is 0. The van der Waals surface area contributed by atoms with E-state index < -0.39 is 5.97 Å². The summed E-state index contributed by atoms with van der Waals surface area (Å²) in [6.45, 7) is 0.384. The van der Waals surface area contributed by atoms with Gasteiger partial charge in [0.15, 0.2) is 5.78 Å². The SMILES string of the molecule is O=C(CCNC(=O)c1ccc(Cl)cc1)OCCCC(=O)c1cccs1. The molecule has 1 N–H and O–H groups in total. The maximum atomic E-state index is 11.8. The quantitative estimate of drug-likeness (QED) is 0.409. The molecule has 1 heterocycles.